The van der Waals surface area contributed by atoms with Crippen LogP contribution in [-0.2, 0) is 5.60 Å². The summed E-state index contributed by atoms with van der Waals surface area (Å²) in [4.78, 5) is 0. The van der Waals surface area contributed by atoms with Gasteiger partial charge in [0.05, 0.1) is 0 Å². The average Bonchev–Trinajstić information content (AvgIpc) is 2.73. The Hall–Kier alpha value is -1.39. The van der Waals surface area contributed by atoms with Gasteiger partial charge < -0.3 is 14.8 Å². The lowest BCUT2D eigenvalue weighted by molar-refractivity contribution is 0.0339. The van der Waals surface area contributed by atoms with E-state index in [0.717, 1.165) is 0 Å². The maximum Gasteiger partial charge on any atom is 0.170 e. The topological polar surface area (TPSA) is 45.4 Å². The number of fused-ring (bicyclic) bond motifs is 1. The van der Waals surface area contributed by atoms with Crippen LogP contribution in [0.25, 0.3) is 11.0 Å². The number of para-hydroxylation sites is 1. The van der Waals surface area contributed by atoms with Gasteiger partial charge >= 0.3 is 0 Å². The van der Waals surface area contributed by atoms with Crippen LogP contribution in [0.4, 0.5) is 4.39 Å². The molecule has 2 rings (SSSR count). The summed E-state index contributed by atoms with van der Waals surface area (Å²) in [6.45, 7) is 5.99. The number of nitrogens with one attached hydrogen (secondary N) is 1. The molecule has 0 aliphatic carbocycles. The number of halogens is 1. The third-order valence-corrected chi connectivity index (χ3v) is 2.88. The predicted molar refractivity (Wildman–Crippen MR) is 68.9 cm³/mol. The Morgan fingerprint density at radius 2 is 2.17 bits per heavy atom. The van der Waals surface area contributed by atoms with Gasteiger partial charge in [0.25, 0.3) is 0 Å². The quantitative estimate of drug-likeness (QED) is 0.878. The van der Waals surface area contributed by atoms with Crippen LogP contribution in [0.1, 0.15) is 26.5 Å². The summed E-state index contributed by atoms with van der Waals surface area (Å²) in [5, 5.41) is 14.1. The molecule has 1 heterocycles. The summed E-state index contributed by atoms with van der Waals surface area (Å²) in [6, 6.07) is 6.67. The smallest absolute Gasteiger partial charge is 0.170 e. The lowest BCUT2D eigenvalue weighted by Crippen LogP contribution is -2.38. The summed E-state index contributed by atoms with van der Waals surface area (Å²) >= 11 is 0. The van der Waals surface area contributed by atoms with Crippen LogP contribution in [0.3, 0.4) is 0 Å². The highest BCUT2D eigenvalue weighted by molar-refractivity contribution is 5.78. The molecule has 0 aliphatic rings. The minimum Gasteiger partial charge on any atom is -0.455 e. The van der Waals surface area contributed by atoms with Crippen LogP contribution in [0.5, 0.6) is 0 Å². The van der Waals surface area contributed by atoms with Crippen LogP contribution >= 0.6 is 0 Å². The van der Waals surface area contributed by atoms with E-state index in [9.17, 15) is 9.50 Å². The van der Waals surface area contributed by atoms with E-state index < -0.39 is 11.4 Å². The van der Waals surface area contributed by atoms with E-state index in [4.69, 9.17) is 4.42 Å². The molecule has 18 heavy (non-hydrogen) atoms. The van der Waals surface area contributed by atoms with Crippen molar-refractivity contribution in [3.63, 3.8) is 0 Å². The van der Waals surface area contributed by atoms with Crippen molar-refractivity contribution < 1.29 is 13.9 Å². The first-order chi connectivity index (χ1) is 8.40. The summed E-state index contributed by atoms with van der Waals surface area (Å²) in [5.74, 6) is -0.0397. The van der Waals surface area contributed by atoms with E-state index in [1.165, 1.54) is 6.07 Å². The van der Waals surface area contributed by atoms with E-state index in [1.54, 1.807) is 25.1 Å². The fourth-order valence-electron chi connectivity index (χ4n) is 1.78. The highest BCUT2D eigenvalue weighted by Crippen LogP contribution is 2.29. The van der Waals surface area contributed by atoms with Gasteiger partial charge in [-0.05, 0) is 19.1 Å². The van der Waals surface area contributed by atoms with E-state index >= 15 is 0 Å². The zero-order valence-corrected chi connectivity index (χ0v) is 10.8. The number of furan rings is 1. The minimum absolute atomic E-state index is 0.192. The maximum absolute atomic E-state index is 13.5. The Kier molecular flexibility index (Phi) is 3.41. The van der Waals surface area contributed by atoms with Gasteiger partial charge in [-0.25, -0.2) is 4.39 Å². The molecule has 1 unspecified atom stereocenters. The number of hydrogen-bond donors (Lipinski definition) is 2. The third-order valence-electron chi connectivity index (χ3n) is 2.88. The Bertz CT molecular complexity index is 546. The molecule has 0 saturated heterocycles. The van der Waals surface area contributed by atoms with Crippen molar-refractivity contribution >= 4 is 11.0 Å². The fraction of sp³-hybridized carbons (Fsp3) is 0.429. The zero-order chi connectivity index (χ0) is 13.3. The number of benzene rings is 1. The Morgan fingerprint density at radius 1 is 1.44 bits per heavy atom. The van der Waals surface area contributed by atoms with Crippen molar-refractivity contribution in [3.05, 3.63) is 35.8 Å². The standard InChI is InChI=1S/C14H18FNO2/c1-9(2)16-8-14(3,17)12-7-10-5-4-6-11(15)13(10)18-12/h4-7,9,16-17H,8H2,1-3H3. The molecular weight excluding hydrogens is 233 g/mol. The van der Waals surface area contributed by atoms with Gasteiger partial charge in [-0.2, -0.15) is 0 Å². The molecular formula is C14H18FNO2. The molecule has 3 nitrogen and oxygen atoms in total. The monoisotopic (exact) mass is 251 g/mol. The van der Waals surface area contributed by atoms with Gasteiger partial charge in [-0.1, -0.05) is 26.0 Å². The molecule has 0 aliphatic heterocycles. The molecule has 0 bridgehead atoms. The Morgan fingerprint density at radius 3 is 2.78 bits per heavy atom. The van der Waals surface area contributed by atoms with Crippen LogP contribution in [0.2, 0.25) is 0 Å². The molecule has 1 aromatic carbocycles. The van der Waals surface area contributed by atoms with Crippen molar-refractivity contribution in [1.82, 2.24) is 5.32 Å². The van der Waals surface area contributed by atoms with E-state index in [0.29, 0.717) is 17.7 Å². The normalized spacial score (nSPS) is 15.2. The van der Waals surface area contributed by atoms with Crippen LogP contribution in [0.15, 0.2) is 28.7 Å². The number of rotatable bonds is 4. The molecule has 1 aromatic heterocycles. The largest absolute Gasteiger partial charge is 0.455 e. The van der Waals surface area contributed by atoms with Crippen LogP contribution in [-0.4, -0.2) is 17.7 Å². The molecule has 0 amide bonds. The second kappa shape index (κ2) is 4.71. The Balaban J connectivity index is 2.32. The fourth-order valence-corrected chi connectivity index (χ4v) is 1.78. The molecule has 2 N–H and O–H groups in total. The minimum atomic E-state index is -1.16. The summed E-state index contributed by atoms with van der Waals surface area (Å²) in [5.41, 5.74) is -0.965. The van der Waals surface area contributed by atoms with E-state index in [2.05, 4.69) is 5.32 Å². The second-order valence-corrected chi connectivity index (χ2v) is 5.08. The van der Waals surface area contributed by atoms with Crippen molar-refractivity contribution in [2.24, 2.45) is 0 Å². The number of aliphatic hydroxyl groups is 1. The van der Waals surface area contributed by atoms with Gasteiger partial charge in [0.1, 0.15) is 11.4 Å². The lowest BCUT2D eigenvalue weighted by Gasteiger charge is -2.22. The van der Waals surface area contributed by atoms with Crippen LogP contribution < -0.4 is 5.32 Å². The van der Waals surface area contributed by atoms with E-state index in [1.807, 2.05) is 13.8 Å². The third kappa shape index (κ3) is 2.54. The number of hydrogen-bond acceptors (Lipinski definition) is 3. The van der Waals surface area contributed by atoms with Gasteiger partial charge in [-0.3, -0.25) is 0 Å². The first-order valence-corrected chi connectivity index (χ1v) is 6.04. The van der Waals surface area contributed by atoms with Crippen molar-refractivity contribution in [2.45, 2.75) is 32.4 Å². The highest BCUT2D eigenvalue weighted by Gasteiger charge is 2.27. The first kappa shape index (κ1) is 13.1. The summed E-state index contributed by atoms with van der Waals surface area (Å²) < 4.78 is 18.9. The molecule has 0 radical (unpaired) electrons. The molecule has 98 valence electrons. The van der Waals surface area contributed by atoms with Crippen molar-refractivity contribution in [1.29, 1.82) is 0 Å². The SMILES string of the molecule is CC(C)NCC(C)(O)c1cc2cccc(F)c2o1. The molecule has 1 atom stereocenters. The predicted octanol–water partition coefficient (Wildman–Crippen LogP) is 2.78. The van der Waals surface area contributed by atoms with Crippen LogP contribution in [0, 0.1) is 5.82 Å². The zero-order valence-electron chi connectivity index (χ0n) is 10.8. The summed E-state index contributed by atoms with van der Waals surface area (Å²) in [7, 11) is 0. The van der Waals surface area contributed by atoms with Crippen molar-refractivity contribution in [2.75, 3.05) is 6.54 Å². The van der Waals surface area contributed by atoms with Gasteiger partial charge in [0.15, 0.2) is 11.4 Å². The van der Waals surface area contributed by atoms with Gasteiger partial charge in [-0.15, -0.1) is 0 Å². The molecule has 0 fully saturated rings. The Labute approximate surface area is 106 Å². The molecule has 0 saturated carbocycles. The second-order valence-electron chi connectivity index (χ2n) is 5.08. The maximum atomic E-state index is 13.5. The lowest BCUT2D eigenvalue weighted by atomic mass is 10.0. The van der Waals surface area contributed by atoms with Crippen molar-refractivity contribution in [3.8, 4) is 0 Å². The summed E-state index contributed by atoms with van der Waals surface area (Å²) in [6.07, 6.45) is 0. The molecule has 2 aromatic rings. The molecule has 0 spiro atoms. The average molecular weight is 251 g/mol. The first-order valence-electron chi connectivity index (χ1n) is 6.04. The van der Waals surface area contributed by atoms with E-state index in [-0.39, 0.29) is 11.6 Å². The highest BCUT2D eigenvalue weighted by atomic mass is 19.1. The van der Waals surface area contributed by atoms with Gasteiger partial charge in [0, 0.05) is 18.0 Å². The molecule has 4 heteroatoms. The van der Waals surface area contributed by atoms with Gasteiger partial charge in [0.2, 0.25) is 0 Å².